The van der Waals surface area contributed by atoms with Gasteiger partial charge in [-0.3, -0.25) is 4.79 Å². The molecular weight excluding hydrogens is 384 g/mol. The molecule has 8 nitrogen and oxygen atoms in total. The zero-order valence-electron chi connectivity index (χ0n) is 17.9. The van der Waals surface area contributed by atoms with Gasteiger partial charge in [0, 0.05) is 39.3 Å². The standard InChI is InChI=1S/C22H34N4O4/c1-29-15-16-30-20-10-6-5-9-19(20)25-11-13-26(14-12-25)21(27)17-23-22(28)24-18-7-3-2-4-8-18/h5-6,9-10,18H,2-4,7-8,11-17H2,1H3,(H2,23,24,28). The van der Waals surface area contributed by atoms with Gasteiger partial charge >= 0.3 is 6.03 Å². The van der Waals surface area contributed by atoms with E-state index < -0.39 is 0 Å². The topological polar surface area (TPSA) is 83.1 Å². The van der Waals surface area contributed by atoms with E-state index >= 15 is 0 Å². The van der Waals surface area contributed by atoms with Gasteiger partial charge in [-0.2, -0.15) is 0 Å². The first kappa shape index (κ1) is 22.2. The minimum absolute atomic E-state index is 0.0370. The van der Waals surface area contributed by atoms with Gasteiger partial charge in [-0.05, 0) is 25.0 Å². The van der Waals surface area contributed by atoms with Gasteiger partial charge < -0.3 is 29.9 Å². The number of amides is 3. The van der Waals surface area contributed by atoms with Crippen molar-refractivity contribution in [3.8, 4) is 5.75 Å². The first-order valence-electron chi connectivity index (χ1n) is 10.9. The number of anilines is 1. The first-order valence-corrected chi connectivity index (χ1v) is 10.9. The van der Waals surface area contributed by atoms with Crippen LogP contribution in [-0.4, -0.2) is 75.9 Å². The van der Waals surface area contributed by atoms with Crippen LogP contribution >= 0.6 is 0 Å². The smallest absolute Gasteiger partial charge is 0.315 e. The van der Waals surface area contributed by atoms with Crippen LogP contribution in [0.25, 0.3) is 0 Å². The monoisotopic (exact) mass is 418 g/mol. The van der Waals surface area contributed by atoms with Crippen molar-refractivity contribution in [2.24, 2.45) is 0 Å². The zero-order chi connectivity index (χ0) is 21.2. The molecule has 0 unspecified atom stereocenters. The van der Waals surface area contributed by atoms with E-state index in [4.69, 9.17) is 9.47 Å². The van der Waals surface area contributed by atoms with Crippen LogP contribution in [-0.2, 0) is 9.53 Å². The first-order chi connectivity index (χ1) is 14.7. The lowest BCUT2D eigenvalue weighted by Gasteiger charge is -2.36. The normalized spacial score (nSPS) is 17.5. The lowest BCUT2D eigenvalue weighted by atomic mass is 9.96. The summed E-state index contributed by atoms with van der Waals surface area (Å²) in [5, 5.41) is 5.70. The molecule has 0 bridgehead atoms. The van der Waals surface area contributed by atoms with Crippen LogP contribution in [0.1, 0.15) is 32.1 Å². The van der Waals surface area contributed by atoms with Crippen molar-refractivity contribution in [2.45, 2.75) is 38.1 Å². The highest BCUT2D eigenvalue weighted by molar-refractivity contribution is 5.84. The summed E-state index contributed by atoms with van der Waals surface area (Å²) in [6, 6.07) is 7.94. The van der Waals surface area contributed by atoms with E-state index in [1.54, 1.807) is 7.11 Å². The van der Waals surface area contributed by atoms with E-state index in [9.17, 15) is 9.59 Å². The number of nitrogens with one attached hydrogen (secondary N) is 2. The molecule has 0 aromatic heterocycles. The van der Waals surface area contributed by atoms with E-state index in [1.807, 2.05) is 29.2 Å². The Hall–Kier alpha value is -2.48. The Morgan fingerprint density at radius 3 is 2.50 bits per heavy atom. The molecule has 8 heteroatoms. The van der Waals surface area contributed by atoms with E-state index in [-0.39, 0.29) is 24.5 Å². The number of hydrogen-bond donors (Lipinski definition) is 2. The second-order valence-electron chi connectivity index (χ2n) is 7.84. The molecule has 1 aromatic carbocycles. The number of ether oxygens (including phenoxy) is 2. The third kappa shape index (κ3) is 6.52. The van der Waals surface area contributed by atoms with Crippen molar-refractivity contribution < 1.29 is 19.1 Å². The number of carbonyl (C=O) groups is 2. The lowest BCUT2D eigenvalue weighted by molar-refractivity contribution is -0.130. The van der Waals surface area contributed by atoms with Crippen LogP contribution in [0.5, 0.6) is 5.75 Å². The largest absolute Gasteiger partial charge is 0.489 e. The molecule has 1 aromatic rings. The minimum Gasteiger partial charge on any atom is -0.489 e. The van der Waals surface area contributed by atoms with Crippen LogP contribution in [0.15, 0.2) is 24.3 Å². The lowest BCUT2D eigenvalue weighted by Crippen LogP contribution is -2.52. The summed E-state index contributed by atoms with van der Waals surface area (Å²) in [4.78, 5) is 28.6. The van der Waals surface area contributed by atoms with Gasteiger partial charge in [-0.25, -0.2) is 4.79 Å². The fourth-order valence-corrected chi connectivity index (χ4v) is 4.02. The second-order valence-corrected chi connectivity index (χ2v) is 7.84. The Bertz CT molecular complexity index is 685. The molecular formula is C22H34N4O4. The summed E-state index contributed by atoms with van der Waals surface area (Å²) in [6.45, 7) is 3.78. The van der Waals surface area contributed by atoms with Gasteiger partial charge in [-0.15, -0.1) is 0 Å². The highest BCUT2D eigenvalue weighted by Gasteiger charge is 2.23. The van der Waals surface area contributed by atoms with Crippen LogP contribution in [0, 0.1) is 0 Å². The number of piperazine rings is 1. The molecule has 2 fully saturated rings. The predicted molar refractivity (Wildman–Crippen MR) is 116 cm³/mol. The van der Waals surface area contributed by atoms with Crippen molar-refractivity contribution in [2.75, 3.05) is 57.9 Å². The van der Waals surface area contributed by atoms with Crippen molar-refractivity contribution in [3.63, 3.8) is 0 Å². The van der Waals surface area contributed by atoms with Crippen LogP contribution in [0.4, 0.5) is 10.5 Å². The summed E-state index contributed by atoms with van der Waals surface area (Å²) < 4.78 is 10.9. The molecule has 0 radical (unpaired) electrons. The molecule has 0 spiro atoms. The van der Waals surface area contributed by atoms with Crippen LogP contribution < -0.4 is 20.3 Å². The molecule has 0 atom stereocenters. The summed E-state index contributed by atoms with van der Waals surface area (Å²) in [5.74, 6) is 0.786. The van der Waals surface area contributed by atoms with E-state index in [0.29, 0.717) is 26.3 Å². The molecule has 3 amide bonds. The van der Waals surface area contributed by atoms with Gasteiger partial charge in [0.15, 0.2) is 0 Å². The molecule has 2 N–H and O–H groups in total. The maximum Gasteiger partial charge on any atom is 0.315 e. The summed E-state index contributed by atoms with van der Waals surface area (Å²) in [5.41, 5.74) is 1.03. The molecule has 30 heavy (non-hydrogen) atoms. The van der Waals surface area contributed by atoms with Crippen molar-refractivity contribution >= 4 is 17.6 Å². The van der Waals surface area contributed by atoms with Crippen molar-refractivity contribution in [1.82, 2.24) is 15.5 Å². The number of para-hydroxylation sites is 2. The van der Waals surface area contributed by atoms with Crippen LogP contribution in [0.3, 0.4) is 0 Å². The average Bonchev–Trinajstić information content (AvgIpc) is 2.79. The third-order valence-corrected chi connectivity index (χ3v) is 5.72. The Kier molecular flexibility index (Phi) is 8.62. The molecule has 2 aliphatic rings. The second kappa shape index (κ2) is 11.6. The molecule has 1 heterocycles. The maximum atomic E-state index is 12.5. The summed E-state index contributed by atoms with van der Waals surface area (Å²) in [6.07, 6.45) is 5.62. The van der Waals surface area contributed by atoms with E-state index in [2.05, 4.69) is 15.5 Å². The van der Waals surface area contributed by atoms with Gasteiger partial charge in [0.1, 0.15) is 12.4 Å². The molecule has 1 saturated carbocycles. The Labute approximate surface area is 178 Å². The van der Waals surface area contributed by atoms with Crippen molar-refractivity contribution in [3.05, 3.63) is 24.3 Å². The van der Waals surface area contributed by atoms with E-state index in [1.165, 1.54) is 6.42 Å². The SMILES string of the molecule is COCCOc1ccccc1N1CCN(C(=O)CNC(=O)NC2CCCCC2)CC1. The van der Waals surface area contributed by atoms with Gasteiger partial charge in [0.2, 0.25) is 5.91 Å². The molecule has 166 valence electrons. The fraction of sp³-hybridized carbons (Fsp3) is 0.636. The minimum atomic E-state index is -0.240. The highest BCUT2D eigenvalue weighted by Crippen LogP contribution is 2.28. The van der Waals surface area contributed by atoms with Gasteiger partial charge in [0.05, 0.1) is 18.8 Å². The van der Waals surface area contributed by atoms with Gasteiger partial charge in [0.25, 0.3) is 0 Å². The molecule has 1 saturated heterocycles. The maximum absolute atomic E-state index is 12.5. The Morgan fingerprint density at radius 1 is 1.03 bits per heavy atom. The number of carbonyl (C=O) groups excluding carboxylic acids is 2. The number of rotatable bonds is 8. The van der Waals surface area contributed by atoms with Gasteiger partial charge in [-0.1, -0.05) is 31.4 Å². The summed E-state index contributed by atoms with van der Waals surface area (Å²) >= 11 is 0. The Morgan fingerprint density at radius 2 is 1.77 bits per heavy atom. The van der Waals surface area contributed by atoms with E-state index in [0.717, 1.165) is 50.2 Å². The third-order valence-electron chi connectivity index (χ3n) is 5.72. The predicted octanol–water partition coefficient (Wildman–Crippen LogP) is 1.99. The number of nitrogens with zero attached hydrogens (tertiary/aromatic N) is 2. The number of benzene rings is 1. The Balaban J connectivity index is 1.41. The summed E-state index contributed by atoms with van der Waals surface area (Å²) in [7, 11) is 1.65. The van der Waals surface area contributed by atoms with Crippen LogP contribution in [0.2, 0.25) is 0 Å². The number of hydrogen-bond acceptors (Lipinski definition) is 5. The highest BCUT2D eigenvalue weighted by atomic mass is 16.5. The quantitative estimate of drug-likeness (QED) is 0.631. The molecule has 1 aliphatic carbocycles. The average molecular weight is 419 g/mol. The van der Waals surface area contributed by atoms with Crippen molar-refractivity contribution in [1.29, 1.82) is 0 Å². The zero-order valence-corrected chi connectivity index (χ0v) is 17.9. The number of urea groups is 1. The number of methoxy groups -OCH3 is 1. The molecule has 3 rings (SSSR count). The molecule has 1 aliphatic heterocycles. The fourth-order valence-electron chi connectivity index (χ4n) is 4.02.